The van der Waals surface area contributed by atoms with E-state index in [0.717, 1.165) is 11.6 Å². The molecule has 5 aliphatic heterocycles. The second-order valence-corrected chi connectivity index (χ2v) is 23.5. The molecule has 87 heavy (non-hydrogen) atoms. The highest BCUT2D eigenvalue weighted by Crippen LogP contribution is 2.46. The number of ether oxygens (including phenoxy) is 13. The number of benzene rings is 1. The van der Waals surface area contributed by atoms with Crippen LogP contribution in [0.1, 0.15) is 86.6 Å². The van der Waals surface area contributed by atoms with Gasteiger partial charge in [0.1, 0.15) is 42.5 Å². The summed E-state index contributed by atoms with van der Waals surface area (Å²) in [6, 6.07) is 8.96. The highest BCUT2D eigenvalue weighted by molar-refractivity contribution is 5.80. The first kappa shape index (κ1) is 71.2. The molecule has 22 atom stereocenters. The van der Waals surface area contributed by atoms with Crippen LogP contribution in [0.4, 0.5) is 0 Å². The Bertz CT molecular complexity index is 2530. The first-order chi connectivity index (χ1) is 41.5. The molecule has 5 fully saturated rings. The van der Waals surface area contributed by atoms with Gasteiger partial charge in [-0.05, 0) is 45.8 Å². The molecule has 6 N–H and O–H groups in total. The van der Waals surface area contributed by atoms with Gasteiger partial charge in [0.05, 0.1) is 74.1 Å². The van der Waals surface area contributed by atoms with E-state index in [1.54, 1.807) is 127 Å². The van der Waals surface area contributed by atoms with Crippen molar-refractivity contribution in [2.75, 3.05) is 41.6 Å². The fourth-order valence-electron chi connectivity index (χ4n) is 11.9. The minimum Gasteiger partial charge on any atom is -0.478 e. The molecule has 0 bridgehead atoms. The summed E-state index contributed by atoms with van der Waals surface area (Å²) in [5, 5.41) is 58.4. The monoisotopic (exact) mass is 1230 g/mol. The molecule has 5 heterocycles. The van der Waals surface area contributed by atoms with Gasteiger partial charge in [0, 0.05) is 78.1 Å². The first-order valence-electron chi connectivity index (χ1n) is 30.0. The standard InChI is InChI=1S/C65H95NO21/c1-13-14-18-29-51-64(7,8)62(84-53(70)32-43-26-19-17-20-27-43)61(72)65(74,87-51)44(63(73)66-31-24-23-25-38(2)58(78-12)39(3)47-33-45(67)46(83-47)28-21-15-16-22-30-52(68)69)37-79-54-35-49(76-10)59(41(5)81-54)86-56-36-50(77-11)60(42(6)82-56)85-55-34-48(75-9)57(71)40(4)80-55/h13-30,39-42,44-51,54-62,67,71-72,74H,31-37H2,1-12H3,(H,66,73)(H,68,69)/b14-13+,16-15+,24-23+,28-21+,29-18+,30-22+,38-25+/t39?,40-,41-,42-,44?,45?,46?,47?,48-,49-,50+,51-,54+,55-,56+,57+,58?,59+,60-,61+,62-,65+/m0/s1. The minimum absolute atomic E-state index is 0.0526. The Labute approximate surface area is 512 Å². The second kappa shape index (κ2) is 33.8. The van der Waals surface area contributed by atoms with E-state index >= 15 is 0 Å². The van der Waals surface area contributed by atoms with Crippen molar-refractivity contribution in [1.82, 2.24) is 5.32 Å². The van der Waals surface area contributed by atoms with E-state index in [0.29, 0.717) is 18.4 Å². The van der Waals surface area contributed by atoms with Crippen LogP contribution in [0.2, 0.25) is 0 Å². The fourth-order valence-corrected chi connectivity index (χ4v) is 11.9. The zero-order valence-corrected chi connectivity index (χ0v) is 52.2. The molecule has 5 saturated heterocycles. The number of amides is 1. The number of aliphatic hydroxyl groups is 4. The van der Waals surface area contributed by atoms with E-state index in [4.69, 9.17) is 66.7 Å². The molecule has 6 unspecified atom stereocenters. The topological polar surface area (TPSA) is 284 Å². The number of nitrogens with one attached hydrogen (secondary N) is 1. The zero-order chi connectivity index (χ0) is 63.6. The van der Waals surface area contributed by atoms with Gasteiger partial charge in [-0.25, -0.2) is 4.79 Å². The summed E-state index contributed by atoms with van der Waals surface area (Å²) in [5.74, 6) is -7.10. The predicted molar refractivity (Wildman–Crippen MR) is 318 cm³/mol. The summed E-state index contributed by atoms with van der Waals surface area (Å²) in [7, 11) is 6.24. The number of allylic oxidation sites excluding steroid dienone is 9. The van der Waals surface area contributed by atoms with Gasteiger partial charge in [-0.2, -0.15) is 0 Å². The van der Waals surface area contributed by atoms with E-state index in [2.05, 4.69) is 5.32 Å². The smallest absolute Gasteiger partial charge is 0.328 e. The molecule has 22 nitrogen and oxygen atoms in total. The highest BCUT2D eigenvalue weighted by Gasteiger charge is 2.63. The molecule has 1 aromatic carbocycles. The van der Waals surface area contributed by atoms with Crippen LogP contribution >= 0.6 is 0 Å². The molecule has 0 aliphatic carbocycles. The number of carbonyl (C=O) groups excluding carboxylic acids is 2. The Morgan fingerprint density at radius 1 is 0.759 bits per heavy atom. The third-order valence-electron chi connectivity index (χ3n) is 16.9. The first-order valence-corrected chi connectivity index (χ1v) is 30.0. The van der Waals surface area contributed by atoms with Crippen molar-refractivity contribution in [2.45, 2.75) is 210 Å². The molecule has 0 radical (unpaired) electrons. The van der Waals surface area contributed by atoms with Gasteiger partial charge in [0.25, 0.3) is 0 Å². The van der Waals surface area contributed by atoms with Crippen LogP contribution in [0.3, 0.4) is 0 Å². The number of esters is 1. The Morgan fingerprint density at radius 3 is 1.98 bits per heavy atom. The fraction of sp³-hybridized carbons (Fsp3) is 0.646. The number of aliphatic hydroxyl groups excluding tert-OH is 3. The van der Waals surface area contributed by atoms with Gasteiger partial charge in [0.2, 0.25) is 11.7 Å². The number of carboxylic acids is 1. The number of rotatable bonds is 28. The summed E-state index contributed by atoms with van der Waals surface area (Å²) < 4.78 is 80.4. The van der Waals surface area contributed by atoms with Crippen LogP contribution in [0, 0.1) is 17.3 Å². The molecule has 0 aromatic heterocycles. The van der Waals surface area contributed by atoms with Crippen molar-refractivity contribution >= 4 is 17.8 Å². The van der Waals surface area contributed by atoms with E-state index in [-0.39, 0.29) is 37.8 Å². The van der Waals surface area contributed by atoms with Gasteiger partial charge in [0.15, 0.2) is 18.9 Å². The molecule has 22 heteroatoms. The number of methoxy groups -OCH3 is 4. The summed E-state index contributed by atoms with van der Waals surface area (Å²) in [5.41, 5.74) is 0.340. The summed E-state index contributed by atoms with van der Waals surface area (Å²) in [6.45, 7) is 14.0. The lowest BCUT2D eigenvalue weighted by Gasteiger charge is -2.54. The molecule has 1 amide bonds. The van der Waals surface area contributed by atoms with Crippen molar-refractivity contribution in [3.8, 4) is 0 Å². The average Bonchev–Trinajstić information content (AvgIpc) is 1.46. The molecule has 0 saturated carbocycles. The Balaban J connectivity index is 1.18. The highest BCUT2D eigenvalue weighted by atomic mass is 16.7. The van der Waals surface area contributed by atoms with Gasteiger partial charge in [-0.3, -0.25) is 9.59 Å². The van der Waals surface area contributed by atoms with E-state index in [9.17, 15) is 34.8 Å². The van der Waals surface area contributed by atoms with Gasteiger partial charge in [-0.1, -0.05) is 124 Å². The predicted octanol–water partition coefficient (Wildman–Crippen LogP) is 5.50. The quantitative estimate of drug-likeness (QED) is 0.0343. The summed E-state index contributed by atoms with van der Waals surface area (Å²) >= 11 is 0. The second-order valence-electron chi connectivity index (χ2n) is 23.5. The number of aliphatic carboxylic acids is 1. The molecule has 486 valence electrons. The van der Waals surface area contributed by atoms with Crippen LogP contribution in [-0.4, -0.2) is 207 Å². The van der Waals surface area contributed by atoms with Crippen molar-refractivity contribution in [2.24, 2.45) is 17.3 Å². The minimum atomic E-state index is -2.74. The SMILES string of the molecule is C/C=C/C=C/[C@@H]1O[C@](O)(C(CO[C@H]2C[C@H](OC)[C@H](O[C@@H]3C[C@@H](OC)[C@@H](O[C@H]4C[C@H](OC)[C@H](O)[C@H](C)O4)[C@H](C)O3)[C@H](C)O2)C(=O)NC/C=C/C=C(\C)C(OC)C(C)C2CC(O)C(/C=C/C=C/C=C/C(=O)O)O2)[C@H](O)[C@H](OC(=O)Cc2ccccc2)C1(C)C. The molecular weight excluding hydrogens is 1130 g/mol. The number of hydrogen-bond acceptors (Lipinski definition) is 20. The van der Waals surface area contributed by atoms with Crippen LogP contribution in [0.25, 0.3) is 0 Å². The van der Waals surface area contributed by atoms with Gasteiger partial charge >= 0.3 is 11.9 Å². The Kier molecular flexibility index (Phi) is 27.7. The van der Waals surface area contributed by atoms with E-state index in [1.165, 1.54) is 20.3 Å². The van der Waals surface area contributed by atoms with E-state index in [1.807, 2.05) is 39.8 Å². The van der Waals surface area contributed by atoms with Crippen molar-refractivity contribution < 1.29 is 101 Å². The largest absolute Gasteiger partial charge is 0.478 e. The lowest BCUT2D eigenvalue weighted by molar-refractivity contribution is -0.367. The molecule has 0 spiro atoms. The van der Waals surface area contributed by atoms with Gasteiger partial charge in [-0.15, -0.1) is 0 Å². The van der Waals surface area contributed by atoms with E-state index < -0.39 is 152 Å². The maximum atomic E-state index is 14.8. The van der Waals surface area contributed by atoms with Crippen LogP contribution < -0.4 is 5.32 Å². The number of carboxylic acid groups (broad SMARTS) is 1. The average molecular weight is 1230 g/mol. The van der Waals surface area contributed by atoms with Crippen LogP contribution in [-0.2, 0) is 82.4 Å². The molecule has 5 aliphatic rings. The number of hydrogen-bond donors (Lipinski definition) is 6. The number of carbonyl (C=O) groups is 3. The third-order valence-corrected chi connectivity index (χ3v) is 16.9. The Hall–Kier alpha value is -4.83. The van der Waals surface area contributed by atoms with Crippen molar-refractivity contribution in [3.05, 3.63) is 120 Å². The zero-order valence-electron chi connectivity index (χ0n) is 52.2. The lowest BCUT2D eigenvalue weighted by Crippen LogP contribution is -2.70. The molecule has 6 rings (SSSR count). The molecule has 1 aromatic rings. The third kappa shape index (κ3) is 19.1. The maximum absolute atomic E-state index is 14.8. The maximum Gasteiger partial charge on any atom is 0.328 e. The lowest BCUT2D eigenvalue weighted by atomic mass is 9.71. The normalized spacial score (nSPS) is 36.3. The van der Waals surface area contributed by atoms with Gasteiger partial charge < -0.3 is 92.4 Å². The summed E-state index contributed by atoms with van der Waals surface area (Å²) in [6.07, 6.45) is 7.81. The van der Waals surface area contributed by atoms with Crippen LogP contribution in [0.15, 0.2) is 115 Å². The summed E-state index contributed by atoms with van der Waals surface area (Å²) in [4.78, 5) is 39.3. The van der Waals surface area contributed by atoms with Crippen LogP contribution in [0.5, 0.6) is 0 Å². The Morgan fingerprint density at radius 2 is 1.36 bits per heavy atom. The molecular formula is C65H95NO21. The van der Waals surface area contributed by atoms with Crippen molar-refractivity contribution in [3.63, 3.8) is 0 Å². The van der Waals surface area contributed by atoms with Crippen molar-refractivity contribution in [1.29, 1.82) is 0 Å².